The Morgan fingerprint density at radius 3 is 2.78 bits per heavy atom. The van der Waals surface area contributed by atoms with Crippen LogP contribution in [0.3, 0.4) is 0 Å². The van der Waals surface area contributed by atoms with Gasteiger partial charge in [0.15, 0.2) is 0 Å². The molecule has 0 aromatic heterocycles. The van der Waals surface area contributed by atoms with Gasteiger partial charge in [0.2, 0.25) is 0 Å². The van der Waals surface area contributed by atoms with Crippen LogP contribution in [0.15, 0.2) is 29.4 Å². The van der Waals surface area contributed by atoms with Crippen molar-refractivity contribution in [2.24, 2.45) is 10.6 Å². The Morgan fingerprint density at radius 1 is 1.35 bits per heavy atom. The molecule has 0 saturated carbocycles. The Balaban J connectivity index is 1.70. The summed E-state index contributed by atoms with van der Waals surface area (Å²) in [6.45, 7) is 3.25. The molecule has 1 aromatic rings. The maximum Gasteiger partial charge on any atom is 0.312 e. The van der Waals surface area contributed by atoms with Crippen LogP contribution in [-0.4, -0.2) is 38.1 Å². The van der Waals surface area contributed by atoms with Crippen molar-refractivity contribution in [2.75, 3.05) is 20.3 Å². The summed E-state index contributed by atoms with van der Waals surface area (Å²) in [6.07, 6.45) is 2.63. The quantitative estimate of drug-likeness (QED) is 0.801. The van der Waals surface area contributed by atoms with Crippen molar-refractivity contribution in [1.29, 1.82) is 0 Å². The summed E-state index contributed by atoms with van der Waals surface area (Å²) < 4.78 is 10.5. The average Bonchev–Trinajstić information content (AvgIpc) is 3.03. The van der Waals surface area contributed by atoms with Crippen LogP contribution in [0.5, 0.6) is 0 Å². The highest BCUT2D eigenvalue weighted by molar-refractivity contribution is 6.02. The van der Waals surface area contributed by atoms with E-state index in [-0.39, 0.29) is 12.1 Å². The molecule has 1 fully saturated rings. The van der Waals surface area contributed by atoms with Crippen LogP contribution < -0.4 is 0 Å². The van der Waals surface area contributed by atoms with E-state index in [4.69, 9.17) is 14.3 Å². The van der Waals surface area contributed by atoms with E-state index in [1.165, 1.54) is 12.7 Å². The van der Waals surface area contributed by atoms with Gasteiger partial charge in [0, 0.05) is 31.6 Å². The highest BCUT2D eigenvalue weighted by Gasteiger charge is 2.44. The van der Waals surface area contributed by atoms with Gasteiger partial charge in [-0.3, -0.25) is 4.79 Å². The van der Waals surface area contributed by atoms with Crippen LogP contribution >= 0.6 is 0 Å². The van der Waals surface area contributed by atoms with Gasteiger partial charge in [-0.2, -0.15) is 0 Å². The number of nitrogens with zero attached hydrogens (tertiary/aromatic N) is 1. The molecular weight excluding hydrogens is 294 g/mol. The molecule has 5 heteroatoms. The van der Waals surface area contributed by atoms with Gasteiger partial charge in [-0.1, -0.05) is 29.4 Å². The first kappa shape index (κ1) is 16.0. The van der Waals surface area contributed by atoms with E-state index in [1.54, 1.807) is 0 Å². The van der Waals surface area contributed by atoms with Gasteiger partial charge in [-0.15, -0.1) is 0 Å². The number of oxime groups is 1. The number of methoxy groups -OCH3 is 1. The molecular formula is C18H23NO4. The second kappa shape index (κ2) is 6.71. The number of carbonyl (C=O) groups is 1. The first-order valence-corrected chi connectivity index (χ1v) is 8.09. The summed E-state index contributed by atoms with van der Waals surface area (Å²) >= 11 is 0. The lowest BCUT2D eigenvalue weighted by molar-refractivity contribution is -0.162. The molecule has 2 aliphatic rings. The number of hydrogen-bond acceptors (Lipinski definition) is 5. The molecule has 0 radical (unpaired) electrons. The van der Waals surface area contributed by atoms with Crippen LogP contribution in [0.25, 0.3) is 0 Å². The fourth-order valence-electron chi connectivity index (χ4n) is 3.50. The first-order chi connectivity index (χ1) is 11.1. The molecule has 23 heavy (non-hydrogen) atoms. The third-order valence-electron chi connectivity index (χ3n) is 4.88. The summed E-state index contributed by atoms with van der Waals surface area (Å²) in [7, 11) is 1.45. The first-order valence-electron chi connectivity index (χ1n) is 8.09. The van der Waals surface area contributed by atoms with E-state index in [1.807, 2.05) is 12.1 Å². The summed E-state index contributed by atoms with van der Waals surface area (Å²) in [4.78, 5) is 17.9. The molecule has 0 aliphatic carbocycles. The van der Waals surface area contributed by atoms with Crippen molar-refractivity contribution in [1.82, 2.24) is 0 Å². The van der Waals surface area contributed by atoms with E-state index in [0.717, 1.165) is 17.7 Å². The fraction of sp³-hybridized carbons (Fsp3) is 0.556. The highest BCUT2D eigenvalue weighted by atomic mass is 16.6. The number of aryl methyl sites for hydroxylation is 1. The van der Waals surface area contributed by atoms with Gasteiger partial charge < -0.3 is 14.3 Å². The van der Waals surface area contributed by atoms with Crippen molar-refractivity contribution in [3.63, 3.8) is 0 Å². The van der Waals surface area contributed by atoms with E-state index in [0.29, 0.717) is 32.5 Å². The minimum Gasteiger partial charge on any atom is -0.469 e. The number of rotatable bonds is 4. The van der Waals surface area contributed by atoms with Crippen LogP contribution in [0, 0.1) is 12.3 Å². The molecule has 124 valence electrons. The Labute approximate surface area is 136 Å². The van der Waals surface area contributed by atoms with Crippen molar-refractivity contribution in [3.8, 4) is 0 Å². The molecule has 0 bridgehead atoms. The van der Waals surface area contributed by atoms with Crippen LogP contribution in [-0.2, 0) is 19.1 Å². The third-order valence-corrected chi connectivity index (χ3v) is 4.88. The molecule has 1 atom stereocenters. The molecule has 3 rings (SSSR count). The fourth-order valence-corrected chi connectivity index (χ4v) is 3.50. The number of hydrogen-bond donors (Lipinski definition) is 0. The zero-order chi connectivity index (χ0) is 16.3. The molecule has 2 heterocycles. The van der Waals surface area contributed by atoms with E-state index in [9.17, 15) is 4.79 Å². The van der Waals surface area contributed by atoms with Gasteiger partial charge in [0.1, 0.15) is 6.10 Å². The second-order valence-electron chi connectivity index (χ2n) is 6.37. The summed E-state index contributed by atoms with van der Waals surface area (Å²) in [6, 6.07) is 8.15. The maximum atomic E-state index is 12.3. The van der Waals surface area contributed by atoms with Crippen molar-refractivity contribution < 1.29 is 19.1 Å². The van der Waals surface area contributed by atoms with Gasteiger partial charge in [-0.25, -0.2) is 0 Å². The van der Waals surface area contributed by atoms with E-state index >= 15 is 0 Å². The number of esters is 1. The summed E-state index contributed by atoms with van der Waals surface area (Å²) in [5, 5.41) is 4.26. The second-order valence-corrected chi connectivity index (χ2v) is 6.37. The SMILES string of the molecule is COC(=O)C1(C[C@H]2CC(c3ccccc3C)=NO2)CCOCC1. The molecule has 0 unspecified atom stereocenters. The zero-order valence-electron chi connectivity index (χ0n) is 13.7. The average molecular weight is 317 g/mol. The van der Waals surface area contributed by atoms with E-state index < -0.39 is 5.41 Å². The topological polar surface area (TPSA) is 57.1 Å². The predicted octanol–water partition coefficient (Wildman–Crippen LogP) is 2.85. The lowest BCUT2D eigenvalue weighted by Crippen LogP contribution is -2.41. The number of benzene rings is 1. The Hall–Kier alpha value is -1.88. The molecule has 1 saturated heterocycles. The molecule has 1 aromatic carbocycles. The van der Waals surface area contributed by atoms with Crippen LogP contribution in [0.1, 0.15) is 36.8 Å². The smallest absolute Gasteiger partial charge is 0.312 e. The van der Waals surface area contributed by atoms with Crippen LogP contribution in [0.4, 0.5) is 0 Å². The Morgan fingerprint density at radius 2 is 2.09 bits per heavy atom. The van der Waals surface area contributed by atoms with Gasteiger partial charge in [0.05, 0.1) is 18.2 Å². The Bertz CT molecular complexity index is 605. The van der Waals surface area contributed by atoms with Crippen molar-refractivity contribution in [3.05, 3.63) is 35.4 Å². The molecule has 0 N–H and O–H groups in total. The molecule has 2 aliphatic heterocycles. The van der Waals surface area contributed by atoms with Crippen molar-refractivity contribution >= 4 is 11.7 Å². The van der Waals surface area contributed by atoms with Gasteiger partial charge >= 0.3 is 5.97 Å². The number of carbonyl (C=O) groups excluding carboxylic acids is 1. The summed E-state index contributed by atoms with van der Waals surface area (Å²) in [5.41, 5.74) is 2.76. The summed E-state index contributed by atoms with van der Waals surface area (Å²) in [5.74, 6) is -0.159. The van der Waals surface area contributed by atoms with E-state index in [2.05, 4.69) is 24.2 Å². The highest BCUT2D eigenvalue weighted by Crippen LogP contribution is 2.39. The maximum absolute atomic E-state index is 12.3. The normalized spacial score (nSPS) is 23.0. The van der Waals surface area contributed by atoms with Crippen LogP contribution in [0.2, 0.25) is 0 Å². The molecule has 0 spiro atoms. The number of ether oxygens (including phenoxy) is 2. The lowest BCUT2D eigenvalue weighted by atomic mass is 9.75. The van der Waals surface area contributed by atoms with Gasteiger partial charge in [-0.05, 0) is 25.3 Å². The lowest BCUT2D eigenvalue weighted by Gasteiger charge is -2.35. The van der Waals surface area contributed by atoms with Crippen molar-refractivity contribution in [2.45, 2.75) is 38.7 Å². The largest absolute Gasteiger partial charge is 0.469 e. The molecule has 5 nitrogen and oxygen atoms in total. The standard InChI is InChI=1S/C18H23NO4/c1-13-5-3-4-6-15(13)16-11-14(23-19-16)12-18(17(20)21-2)7-9-22-10-8-18/h3-6,14H,7-12H2,1-2H3/t14-/m1/s1. The Kier molecular flexibility index (Phi) is 4.66. The third kappa shape index (κ3) is 3.24. The monoisotopic (exact) mass is 317 g/mol. The predicted molar refractivity (Wildman–Crippen MR) is 86.3 cm³/mol. The minimum atomic E-state index is -0.506. The molecule has 0 amide bonds. The minimum absolute atomic E-state index is 0.0817. The zero-order valence-corrected chi connectivity index (χ0v) is 13.7. The van der Waals surface area contributed by atoms with Gasteiger partial charge in [0.25, 0.3) is 0 Å².